The number of benzene rings is 1. The second-order valence-corrected chi connectivity index (χ2v) is 5.74. The van der Waals surface area contributed by atoms with E-state index < -0.39 is 0 Å². The zero-order valence-electron chi connectivity index (χ0n) is 10.6. The van der Waals surface area contributed by atoms with Gasteiger partial charge in [0.1, 0.15) is 12.4 Å². The normalized spacial score (nSPS) is 22.7. The molecule has 6 heteroatoms. The molecule has 1 aliphatic rings. The zero-order valence-corrected chi connectivity index (χ0v) is 12.9. The van der Waals surface area contributed by atoms with Gasteiger partial charge >= 0.3 is 0 Å². The molecule has 1 saturated heterocycles. The average Bonchev–Trinajstić information content (AvgIpc) is 2.80. The van der Waals surface area contributed by atoms with E-state index in [0.717, 1.165) is 19.4 Å². The maximum absolute atomic E-state index is 6.05. The molecule has 0 bridgehead atoms. The fourth-order valence-corrected chi connectivity index (χ4v) is 2.67. The van der Waals surface area contributed by atoms with Crippen molar-refractivity contribution in [3.05, 3.63) is 27.2 Å². The summed E-state index contributed by atoms with van der Waals surface area (Å²) >= 11 is 17.8. The molecule has 0 spiro atoms. The van der Waals surface area contributed by atoms with Crippen molar-refractivity contribution < 1.29 is 9.47 Å². The molecule has 2 rings (SSSR count). The van der Waals surface area contributed by atoms with Gasteiger partial charge in [-0.3, -0.25) is 0 Å². The van der Waals surface area contributed by atoms with Gasteiger partial charge in [-0.05, 0) is 26.0 Å². The highest BCUT2D eigenvalue weighted by atomic mass is 35.5. The predicted molar refractivity (Wildman–Crippen MR) is 78.8 cm³/mol. The molecular formula is C13H16Cl3NO2. The van der Waals surface area contributed by atoms with Crippen molar-refractivity contribution in [1.82, 2.24) is 5.32 Å². The zero-order chi connectivity index (χ0) is 13.8. The second kappa shape index (κ2) is 7.00. The van der Waals surface area contributed by atoms with E-state index in [2.05, 4.69) is 5.32 Å². The lowest BCUT2D eigenvalue weighted by atomic mass is 10.2. The summed E-state index contributed by atoms with van der Waals surface area (Å²) in [6.45, 7) is 1.34. The van der Waals surface area contributed by atoms with Crippen LogP contribution in [0.2, 0.25) is 15.1 Å². The Morgan fingerprint density at radius 2 is 1.84 bits per heavy atom. The summed E-state index contributed by atoms with van der Waals surface area (Å²) in [5, 5.41) is 4.42. The minimum Gasteiger partial charge on any atom is -0.489 e. The van der Waals surface area contributed by atoms with Crippen LogP contribution in [-0.2, 0) is 4.74 Å². The average molecular weight is 325 g/mol. The first-order chi connectivity index (χ1) is 9.10. The molecule has 1 fully saturated rings. The molecule has 1 N–H and O–H groups in total. The fraction of sp³-hybridized carbons (Fsp3) is 0.538. The van der Waals surface area contributed by atoms with Crippen LogP contribution < -0.4 is 10.1 Å². The maximum Gasteiger partial charge on any atom is 0.139 e. The van der Waals surface area contributed by atoms with Crippen molar-refractivity contribution in [3.8, 4) is 5.75 Å². The number of nitrogens with one attached hydrogen (secondary N) is 1. The van der Waals surface area contributed by atoms with Gasteiger partial charge in [-0.15, -0.1) is 0 Å². The summed E-state index contributed by atoms with van der Waals surface area (Å²) in [6, 6.07) is 3.21. The molecule has 1 aromatic carbocycles. The molecule has 0 aromatic heterocycles. The number of likely N-dealkylation sites (N-methyl/N-ethyl adjacent to an activating group) is 1. The summed E-state index contributed by atoms with van der Waals surface area (Å²) in [7, 11) is 1.92. The van der Waals surface area contributed by atoms with E-state index in [4.69, 9.17) is 44.3 Å². The van der Waals surface area contributed by atoms with Gasteiger partial charge < -0.3 is 14.8 Å². The minimum atomic E-state index is 0.101. The van der Waals surface area contributed by atoms with Crippen LogP contribution in [0.4, 0.5) is 0 Å². The van der Waals surface area contributed by atoms with Gasteiger partial charge in [-0.1, -0.05) is 34.8 Å². The highest BCUT2D eigenvalue weighted by Gasteiger charge is 2.25. The number of hydrogen-bond acceptors (Lipinski definition) is 3. The van der Waals surface area contributed by atoms with E-state index in [1.807, 2.05) is 7.05 Å². The van der Waals surface area contributed by atoms with Crippen molar-refractivity contribution in [1.29, 1.82) is 0 Å². The van der Waals surface area contributed by atoms with Crippen molar-refractivity contribution in [3.63, 3.8) is 0 Å². The highest BCUT2D eigenvalue weighted by molar-refractivity contribution is 6.43. The molecule has 2 atom stereocenters. The summed E-state index contributed by atoms with van der Waals surface area (Å²) in [6.07, 6.45) is 2.40. The third-order valence-corrected chi connectivity index (χ3v) is 4.04. The minimum absolute atomic E-state index is 0.101. The van der Waals surface area contributed by atoms with Crippen LogP contribution in [0, 0.1) is 0 Å². The van der Waals surface area contributed by atoms with E-state index in [9.17, 15) is 0 Å². The molecule has 1 aromatic rings. The lowest BCUT2D eigenvalue weighted by Crippen LogP contribution is -2.25. The first-order valence-corrected chi connectivity index (χ1v) is 7.31. The number of halogens is 3. The first kappa shape index (κ1) is 15.2. The van der Waals surface area contributed by atoms with E-state index >= 15 is 0 Å². The quantitative estimate of drug-likeness (QED) is 0.836. The Labute approximate surface area is 128 Å². The van der Waals surface area contributed by atoms with Crippen molar-refractivity contribution in [2.45, 2.75) is 25.0 Å². The van der Waals surface area contributed by atoms with Crippen LogP contribution in [0.5, 0.6) is 5.75 Å². The summed E-state index contributed by atoms with van der Waals surface area (Å²) in [4.78, 5) is 0. The molecule has 106 valence electrons. The van der Waals surface area contributed by atoms with E-state index in [1.54, 1.807) is 12.1 Å². The Balaban J connectivity index is 1.88. The van der Waals surface area contributed by atoms with Crippen LogP contribution in [0.1, 0.15) is 12.8 Å². The molecule has 0 saturated carbocycles. The van der Waals surface area contributed by atoms with Crippen LogP contribution >= 0.6 is 34.8 Å². The molecular weight excluding hydrogens is 309 g/mol. The summed E-state index contributed by atoms with van der Waals surface area (Å²) in [5.41, 5.74) is 0. The van der Waals surface area contributed by atoms with Gasteiger partial charge in [0.15, 0.2) is 0 Å². The smallest absolute Gasteiger partial charge is 0.139 e. The van der Waals surface area contributed by atoms with Gasteiger partial charge in [-0.25, -0.2) is 0 Å². The number of ether oxygens (including phenoxy) is 2. The molecule has 0 radical (unpaired) electrons. The largest absolute Gasteiger partial charge is 0.489 e. The first-order valence-electron chi connectivity index (χ1n) is 6.17. The standard InChI is InChI=1S/C13H16Cl3NO2/c1-17-6-8-2-3-9(19-8)7-18-13-5-11(15)10(14)4-12(13)16/h4-5,8-9,17H,2-3,6-7H2,1H3. The summed E-state index contributed by atoms with van der Waals surface area (Å²) in [5.74, 6) is 0.539. The molecule has 3 nitrogen and oxygen atoms in total. The lowest BCUT2D eigenvalue weighted by Gasteiger charge is -2.15. The molecule has 1 heterocycles. The fourth-order valence-electron chi connectivity index (χ4n) is 2.08. The molecule has 0 amide bonds. The topological polar surface area (TPSA) is 30.5 Å². The SMILES string of the molecule is CNCC1CCC(COc2cc(Cl)c(Cl)cc2Cl)O1. The van der Waals surface area contributed by atoms with Gasteiger partial charge in [0.2, 0.25) is 0 Å². The molecule has 1 aliphatic heterocycles. The Morgan fingerprint density at radius 3 is 2.58 bits per heavy atom. The van der Waals surface area contributed by atoms with Crippen LogP contribution in [0.3, 0.4) is 0 Å². The Morgan fingerprint density at radius 1 is 1.16 bits per heavy atom. The van der Waals surface area contributed by atoms with E-state index in [0.29, 0.717) is 27.4 Å². The van der Waals surface area contributed by atoms with Crippen LogP contribution in [0.15, 0.2) is 12.1 Å². The second-order valence-electron chi connectivity index (χ2n) is 4.52. The summed E-state index contributed by atoms with van der Waals surface area (Å²) < 4.78 is 11.5. The monoisotopic (exact) mass is 323 g/mol. The van der Waals surface area contributed by atoms with Gasteiger partial charge in [0.25, 0.3) is 0 Å². The van der Waals surface area contributed by atoms with Gasteiger partial charge in [-0.2, -0.15) is 0 Å². The third kappa shape index (κ3) is 4.14. The molecule has 0 aliphatic carbocycles. The maximum atomic E-state index is 6.05. The van der Waals surface area contributed by atoms with Gasteiger partial charge in [0, 0.05) is 12.6 Å². The van der Waals surface area contributed by atoms with E-state index in [-0.39, 0.29) is 12.2 Å². The van der Waals surface area contributed by atoms with Crippen molar-refractivity contribution in [2.75, 3.05) is 20.2 Å². The van der Waals surface area contributed by atoms with Crippen molar-refractivity contribution >= 4 is 34.8 Å². The van der Waals surface area contributed by atoms with Crippen LogP contribution in [-0.4, -0.2) is 32.4 Å². The number of hydrogen-bond donors (Lipinski definition) is 1. The predicted octanol–water partition coefficient (Wildman–Crippen LogP) is 3.79. The highest BCUT2D eigenvalue weighted by Crippen LogP contribution is 2.34. The molecule has 19 heavy (non-hydrogen) atoms. The van der Waals surface area contributed by atoms with Crippen LogP contribution in [0.25, 0.3) is 0 Å². The van der Waals surface area contributed by atoms with Gasteiger partial charge in [0.05, 0.1) is 27.3 Å². The van der Waals surface area contributed by atoms with Crippen molar-refractivity contribution in [2.24, 2.45) is 0 Å². The Bertz CT molecular complexity index is 442. The number of rotatable bonds is 5. The van der Waals surface area contributed by atoms with E-state index in [1.165, 1.54) is 0 Å². The Hall–Kier alpha value is -0.190. The lowest BCUT2D eigenvalue weighted by molar-refractivity contribution is 0.0194. The third-order valence-electron chi connectivity index (χ3n) is 3.03. The Kier molecular flexibility index (Phi) is 5.60. The molecule has 2 unspecified atom stereocenters.